The summed E-state index contributed by atoms with van der Waals surface area (Å²) in [5.41, 5.74) is 9.55. The Bertz CT molecular complexity index is 435. The highest BCUT2D eigenvalue weighted by atomic mass is 35.5. The third-order valence-corrected chi connectivity index (χ3v) is 2.31. The minimum absolute atomic E-state index is 0.170. The van der Waals surface area contributed by atoms with Crippen molar-refractivity contribution in [2.45, 2.75) is 13.3 Å². The number of amides is 1. The van der Waals surface area contributed by atoms with Crippen LogP contribution >= 0.6 is 11.6 Å². The van der Waals surface area contributed by atoms with Gasteiger partial charge in [0.25, 0.3) is 5.91 Å². The van der Waals surface area contributed by atoms with Crippen molar-refractivity contribution in [3.05, 3.63) is 44.8 Å². The molecule has 0 spiro atoms. The largest absolute Gasteiger partial charge is 0.352 e. The first kappa shape index (κ1) is 13.4. The summed E-state index contributed by atoms with van der Waals surface area (Å²) >= 11 is 5.86. The number of nitrogens with zero attached hydrogens (tertiary/aromatic N) is 3. The summed E-state index contributed by atoms with van der Waals surface area (Å²) in [5.74, 6) is -0.170. The van der Waals surface area contributed by atoms with Crippen LogP contribution in [0.3, 0.4) is 0 Å². The van der Waals surface area contributed by atoms with Crippen molar-refractivity contribution in [1.82, 2.24) is 5.32 Å². The Kier molecular flexibility index (Phi) is 5.33. The highest BCUT2D eigenvalue weighted by Gasteiger charge is 2.05. The molecule has 0 saturated carbocycles. The standard InChI is InChI=1S/C11H13ClN4O/c1-8-5-9(7-10(12)6-8)11(17)14-3-2-4-15-16-13/h5-7H,2-4H2,1H3,(H,14,17). The molecule has 0 aliphatic rings. The maximum Gasteiger partial charge on any atom is 0.251 e. The minimum Gasteiger partial charge on any atom is -0.352 e. The Morgan fingerprint density at radius 1 is 1.53 bits per heavy atom. The van der Waals surface area contributed by atoms with Gasteiger partial charge in [-0.1, -0.05) is 16.7 Å². The van der Waals surface area contributed by atoms with Gasteiger partial charge < -0.3 is 5.32 Å². The number of hydrogen-bond acceptors (Lipinski definition) is 2. The molecule has 1 N–H and O–H groups in total. The van der Waals surface area contributed by atoms with Crippen molar-refractivity contribution >= 4 is 17.5 Å². The molecule has 0 aromatic heterocycles. The lowest BCUT2D eigenvalue weighted by molar-refractivity contribution is 0.0953. The van der Waals surface area contributed by atoms with Crippen molar-refractivity contribution in [2.75, 3.05) is 13.1 Å². The van der Waals surface area contributed by atoms with Crippen LogP contribution in [-0.4, -0.2) is 19.0 Å². The summed E-state index contributed by atoms with van der Waals surface area (Å²) in [5, 5.41) is 6.65. The van der Waals surface area contributed by atoms with E-state index in [1.807, 2.05) is 6.92 Å². The van der Waals surface area contributed by atoms with Crippen molar-refractivity contribution in [2.24, 2.45) is 5.11 Å². The molecule has 0 unspecified atom stereocenters. The van der Waals surface area contributed by atoms with E-state index in [-0.39, 0.29) is 5.91 Å². The van der Waals surface area contributed by atoms with Gasteiger partial charge in [0.2, 0.25) is 0 Å². The molecule has 1 amide bonds. The summed E-state index contributed by atoms with van der Waals surface area (Å²) in [6.45, 7) is 2.74. The van der Waals surface area contributed by atoms with E-state index >= 15 is 0 Å². The summed E-state index contributed by atoms with van der Waals surface area (Å²) in [4.78, 5) is 14.3. The second-order valence-corrected chi connectivity index (χ2v) is 4.02. The molecule has 1 aromatic rings. The van der Waals surface area contributed by atoms with E-state index < -0.39 is 0 Å². The molecule has 0 fully saturated rings. The summed E-state index contributed by atoms with van der Waals surface area (Å²) in [7, 11) is 0. The first-order valence-electron chi connectivity index (χ1n) is 5.19. The number of benzene rings is 1. The third-order valence-electron chi connectivity index (χ3n) is 2.09. The van der Waals surface area contributed by atoms with Gasteiger partial charge in [-0.15, -0.1) is 0 Å². The minimum atomic E-state index is -0.170. The van der Waals surface area contributed by atoms with E-state index in [1.165, 1.54) is 0 Å². The van der Waals surface area contributed by atoms with Gasteiger partial charge in [0.1, 0.15) is 0 Å². The topological polar surface area (TPSA) is 77.9 Å². The van der Waals surface area contributed by atoms with Crippen LogP contribution in [0.25, 0.3) is 10.4 Å². The molecule has 5 nitrogen and oxygen atoms in total. The fraction of sp³-hybridized carbons (Fsp3) is 0.364. The molecule has 0 bridgehead atoms. The first-order valence-corrected chi connectivity index (χ1v) is 5.57. The summed E-state index contributed by atoms with van der Waals surface area (Å²) in [6.07, 6.45) is 0.620. The molecule has 0 aliphatic carbocycles. The molecule has 0 heterocycles. The number of carbonyl (C=O) groups is 1. The highest BCUT2D eigenvalue weighted by molar-refractivity contribution is 6.31. The van der Waals surface area contributed by atoms with Crippen LogP contribution in [0.1, 0.15) is 22.3 Å². The van der Waals surface area contributed by atoms with E-state index in [2.05, 4.69) is 15.3 Å². The average Bonchev–Trinajstić information content (AvgIpc) is 2.27. The monoisotopic (exact) mass is 252 g/mol. The van der Waals surface area contributed by atoms with E-state index in [9.17, 15) is 4.79 Å². The number of aryl methyl sites for hydroxylation is 1. The quantitative estimate of drug-likeness (QED) is 0.372. The van der Waals surface area contributed by atoms with Gasteiger partial charge in [-0.05, 0) is 42.6 Å². The molecule has 1 rings (SSSR count). The van der Waals surface area contributed by atoms with E-state index in [4.69, 9.17) is 17.1 Å². The molecule has 0 saturated heterocycles. The number of carbonyl (C=O) groups excluding carboxylic acids is 1. The Labute approximate surface area is 104 Å². The smallest absolute Gasteiger partial charge is 0.251 e. The van der Waals surface area contributed by atoms with E-state index in [1.54, 1.807) is 18.2 Å². The lowest BCUT2D eigenvalue weighted by atomic mass is 10.1. The molecule has 17 heavy (non-hydrogen) atoms. The molecule has 1 aromatic carbocycles. The van der Waals surface area contributed by atoms with Crippen LogP contribution in [0.2, 0.25) is 5.02 Å². The number of hydrogen-bond donors (Lipinski definition) is 1. The molecule has 6 heteroatoms. The Balaban J connectivity index is 2.49. The fourth-order valence-electron chi connectivity index (χ4n) is 1.37. The molecular formula is C11H13ClN4O. The summed E-state index contributed by atoms with van der Waals surface area (Å²) in [6, 6.07) is 5.19. The van der Waals surface area contributed by atoms with Crippen LogP contribution in [0.4, 0.5) is 0 Å². The van der Waals surface area contributed by atoms with Crippen molar-refractivity contribution < 1.29 is 4.79 Å². The predicted molar refractivity (Wildman–Crippen MR) is 67.2 cm³/mol. The van der Waals surface area contributed by atoms with Crippen LogP contribution in [0.15, 0.2) is 23.3 Å². The molecule has 0 aliphatic heterocycles. The molecular weight excluding hydrogens is 240 g/mol. The number of rotatable bonds is 5. The fourth-order valence-corrected chi connectivity index (χ4v) is 1.66. The zero-order valence-corrected chi connectivity index (χ0v) is 10.2. The Hall–Kier alpha value is -1.71. The second-order valence-electron chi connectivity index (χ2n) is 3.58. The summed E-state index contributed by atoms with van der Waals surface area (Å²) < 4.78 is 0. The maximum atomic E-state index is 11.7. The van der Waals surface area contributed by atoms with Crippen molar-refractivity contribution in [1.29, 1.82) is 0 Å². The number of azide groups is 1. The second kappa shape index (κ2) is 6.78. The van der Waals surface area contributed by atoms with Gasteiger partial charge in [-0.2, -0.15) is 0 Å². The number of nitrogens with one attached hydrogen (secondary N) is 1. The Morgan fingerprint density at radius 2 is 2.29 bits per heavy atom. The normalized spacial score (nSPS) is 9.53. The van der Waals surface area contributed by atoms with Crippen molar-refractivity contribution in [3.63, 3.8) is 0 Å². The molecule has 0 atom stereocenters. The number of halogens is 1. The van der Waals surface area contributed by atoms with E-state index in [0.717, 1.165) is 5.56 Å². The van der Waals surface area contributed by atoms with Gasteiger partial charge >= 0.3 is 0 Å². The average molecular weight is 253 g/mol. The van der Waals surface area contributed by atoms with Crippen LogP contribution in [-0.2, 0) is 0 Å². The van der Waals surface area contributed by atoms with Gasteiger partial charge in [-0.25, -0.2) is 0 Å². The molecule has 90 valence electrons. The maximum absolute atomic E-state index is 11.7. The van der Waals surface area contributed by atoms with E-state index in [0.29, 0.717) is 30.1 Å². The lowest BCUT2D eigenvalue weighted by Gasteiger charge is -2.05. The zero-order valence-electron chi connectivity index (χ0n) is 9.48. The van der Waals surface area contributed by atoms with Crippen molar-refractivity contribution in [3.8, 4) is 0 Å². The van der Waals surface area contributed by atoms with Crippen LogP contribution < -0.4 is 5.32 Å². The third kappa shape index (κ3) is 4.76. The SMILES string of the molecule is Cc1cc(Cl)cc(C(=O)NCCCN=[N+]=[N-])c1. The van der Waals surface area contributed by atoms with Gasteiger partial charge in [0, 0.05) is 28.6 Å². The molecule has 0 radical (unpaired) electrons. The first-order chi connectivity index (χ1) is 8.13. The van der Waals surface area contributed by atoms with Gasteiger partial charge in [0.05, 0.1) is 0 Å². The van der Waals surface area contributed by atoms with Crippen LogP contribution in [0.5, 0.6) is 0 Å². The van der Waals surface area contributed by atoms with Gasteiger partial charge in [0.15, 0.2) is 0 Å². The lowest BCUT2D eigenvalue weighted by Crippen LogP contribution is -2.24. The zero-order chi connectivity index (χ0) is 12.7. The van der Waals surface area contributed by atoms with Gasteiger partial charge in [-0.3, -0.25) is 4.79 Å². The predicted octanol–water partition coefficient (Wildman–Crippen LogP) is 3.08. The van der Waals surface area contributed by atoms with Crippen LogP contribution in [0, 0.1) is 6.92 Å². The Morgan fingerprint density at radius 3 is 2.94 bits per heavy atom. The highest BCUT2D eigenvalue weighted by Crippen LogP contribution is 2.14.